The third kappa shape index (κ3) is 3.41. The fraction of sp³-hybridized carbons (Fsp3) is 0.235. The molecule has 1 unspecified atom stereocenters. The van der Waals surface area contributed by atoms with Crippen LogP contribution in [0.15, 0.2) is 55.0 Å². The normalized spacial score (nSPS) is 14.0. The van der Waals surface area contributed by atoms with E-state index < -0.39 is 5.60 Å². The molecule has 2 aromatic heterocycles. The summed E-state index contributed by atoms with van der Waals surface area (Å²) in [6.45, 7) is 2.00. The first-order chi connectivity index (χ1) is 10.1. The summed E-state index contributed by atoms with van der Waals surface area (Å²) in [5, 5.41) is 11.7. The summed E-state index contributed by atoms with van der Waals surface area (Å²) in [5.74, 6) is 0.664. The number of aliphatic hydroxyl groups is 1. The van der Waals surface area contributed by atoms with E-state index in [4.69, 9.17) is 4.74 Å². The smallest absolute Gasteiger partial charge is 0.137 e. The molecule has 3 rings (SSSR count). The van der Waals surface area contributed by atoms with Gasteiger partial charge in [0.2, 0.25) is 0 Å². The predicted molar refractivity (Wildman–Crippen MR) is 82.4 cm³/mol. The topological polar surface area (TPSA) is 58.1 Å². The lowest BCUT2D eigenvalue weighted by Gasteiger charge is -2.23. The van der Waals surface area contributed by atoms with Gasteiger partial charge < -0.3 is 14.8 Å². The highest BCUT2D eigenvalue weighted by molar-refractivity contribution is 5.79. The predicted octanol–water partition coefficient (Wildman–Crippen LogP) is 2.94. The first kappa shape index (κ1) is 13.6. The number of aromatic amines is 1. The Bertz CT molecular complexity index is 720. The summed E-state index contributed by atoms with van der Waals surface area (Å²) in [6.07, 6.45) is 5.78. The van der Waals surface area contributed by atoms with E-state index in [2.05, 4.69) is 22.1 Å². The molecule has 0 spiro atoms. The summed E-state index contributed by atoms with van der Waals surface area (Å²) >= 11 is 0. The molecule has 4 heteroatoms. The minimum atomic E-state index is -0.934. The summed E-state index contributed by atoms with van der Waals surface area (Å²) in [6, 6.07) is 11.8. The Hall–Kier alpha value is -2.33. The quantitative estimate of drug-likeness (QED) is 0.756. The molecule has 0 saturated carbocycles. The largest absolute Gasteiger partial charge is 0.489 e. The molecule has 3 aromatic rings. The van der Waals surface area contributed by atoms with Gasteiger partial charge >= 0.3 is 0 Å². The molecule has 0 aliphatic carbocycles. The lowest BCUT2D eigenvalue weighted by molar-refractivity contribution is 0.0119. The lowest BCUT2D eigenvalue weighted by atomic mass is 9.97. The number of rotatable bonds is 5. The Morgan fingerprint density at radius 2 is 2.19 bits per heavy atom. The van der Waals surface area contributed by atoms with Crippen molar-refractivity contribution < 1.29 is 9.84 Å². The summed E-state index contributed by atoms with van der Waals surface area (Å²) in [7, 11) is 0. The molecule has 1 aromatic carbocycles. The second-order valence-corrected chi connectivity index (χ2v) is 5.55. The van der Waals surface area contributed by atoms with Crippen LogP contribution in [-0.2, 0) is 6.42 Å². The lowest BCUT2D eigenvalue weighted by Crippen LogP contribution is -2.34. The van der Waals surface area contributed by atoms with Crippen LogP contribution in [0, 0.1) is 0 Å². The second kappa shape index (κ2) is 5.58. The Labute approximate surface area is 123 Å². The number of ether oxygens (including phenoxy) is 1. The average Bonchev–Trinajstić information content (AvgIpc) is 2.93. The maximum atomic E-state index is 10.5. The van der Waals surface area contributed by atoms with Crippen LogP contribution < -0.4 is 4.74 Å². The zero-order valence-corrected chi connectivity index (χ0v) is 11.9. The van der Waals surface area contributed by atoms with Gasteiger partial charge in [0, 0.05) is 24.3 Å². The number of hydrogen-bond donors (Lipinski definition) is 2. The number of fused-ring (bicyclic) bond motifs is 1. The molecular formula is C17H18N2O2. The standard InChI is InChI=1S/C17H18N2O2/c1-17(20,12-21-15-3-2-7-18-11-15)10-13-4-5-14-6-8-19-16(14)9-13/h2-9,11,19-20H,10,12H2,1H3. The van der Waals surface area contributed by atoms with Crippen molar-refractivity contribution in [1.29, 1.82) is 0 Å². The zero-order valence-electron chi connectivity index (χ0n) is 11.9. The SMILES string of the molecule is CC(O)(COc1cccnc1)Cc1ccc2cc[nH]c2c1. The third-order valence-electron chi connectivity index (χ3n) is 3.39. The first-order valence-corrected chi connectivity index (χ1v) is 6.94. The molecule has 21 heavy (non-hydrogen) atoms. The molecule has 4 nitrogen and oxygen atoms in total. The van der Waals surface area contributed by atoms with Crippen LogP contribution >= 0.6 is 0 Å². The van der Waals surface area contributed by atoms with E-state index >= 15 is 0 Å². The summed E-state index contributed by atoms with van der Waals surface area (Å²) in [4.78, 5) is 7.17. The van der Waals surface area contributed by atoms with Gasteiger partial charge in [-0.05, 0) is 42.1 Å². The van der Waals surface area contributed by atoms with Gasteiger partial charge in [0.1, 0.15) is 12.4 Å². The van der Waals surface area contributed by atoms with Crippen molar-refractivity contribution in [1.82, 2.24) is 9.97 Å². The monoisotopic (exact) mass is 282 g/mol. The number of nitrogens with one attached hydrogen (secondary N) is 1. The number of H-pyrrole nitrogens is 1. The Morgan fingerprint density at radius 1 is 1.29 bits per heavy atom. The number of benzene rings is 1. The van der Waals surface area contributed by atoms with E-state index in [0.717, 1.165) is 11.1 Å². The van der Waals surface area contributed by atoms with Gasteiger partial charge in [-0.2, -0.15) is 0 Å². The second-order valence-electron chi connectivity index (χ2n) is 5.55. The van der Waals surface area contributed by atoms with Crippen LogP contribution in [-0.4, -0.2) is 27.3 Å². The van der Waals surface area contributed by atoms with Crippen LogP contribution in [0.25, 0.3) is 10.9 Å². The molecule has 0 aliphatic rings. The van der Waals surface area contributed by atoms with Gasteiger partial charge in [-0.3, -0.25) is 4.98 Å². The molecule has 2 N–H and O–H groups in total. The minimum Gasteiger partial charge on any atom is -0.489 e. The Balaban J connectivity index is 1.67. The number of aromatic nitrogens is 2. The van der Waals surface area contributed by atoms with Crippen LogP contribution in [0.1, 0.15) is 12.5 Å². The molecule has 108 valence electrons. The summed E-state index contributed by atoms with van der Waals surface area (Å²) < 4.78 is 5.60. The number of nitrogens with zero attached hydrogens (tertiary/aromatic N) is 1. The molecular weight excluding hydrogens is 264 g/mol. The van der Waals surface area contributed by atoms with Crippen molar-refractivity contribution in [3.8, 4) is 5.75 Å². The van der Waals surface area contributed by atoms with Gasteiger partial charge in [0.15, 0.2) is 0 Å². The molecule has 0 fully saturated rings. The van der Waals surface area contributed by atoms with Crippen molar-refractivity contribution in [3.63, 3.8) is 0 Å². The minimum absolute atomic E-state index is 0.224. The Morgan fingerprint density at radius 3 is 3.00 bits per heavy atom. The van der Waals surface area contributed by atoms with Gasteiger partial charge in [-0.25, -0.2) is 0 Å². The molecule has 2 heterocycles. The van der Waals surface area contributed by atoms with Crippen LogP contribution in [0.3, 0.4) is 0 Å². The average molecular weight is 282 g/mol. The maximum Gasteiger partial charge on any atom is 0.137 e. The fourth-order valence-corrected chi connectivity index (χ4v) is 2.37. The summed E-state index contributed by atoms with van der Waals surface area (Å²) in [5.41, 5.74) is 1.22. The van der Waals surface area contributed by atoms with Crippen molar-refractivity contribution >= 4 is 10.9 Å². The highest BCUT2D eigenvalue weighted by Crippen LogP contribution is 2.20. The van der Waals surface area contributed by atoms with E-state index in [1.165, 1.54) is 5.39 Å². The van der Waals surface area contributed by atoms with Crippen molar-refractivity contribution in [2.24, 2.45) is 0 Å². The van der Waals surface area contributed by atoms with Gasteiger partial charge in [-0.1, -0.05) is 12.1 Å². The van der Waals surface area contributed by atoms with Gasteiger partial charge in [0.05, 0.1) is 11.8 Å². The van der Waals surface area contributed by atoms with E-state index in [9.17, 15) is 5.11 Å². The van der Waals surface area contributed by atoms with Crippen LogP contribution in [0.5, 0.6) is 5.75 Å². The highest BCUT2D eigenvalue weighted by Gasteiger charge is 2.22. The van der Waals surface area contributed by atoms with Crippen LogP contribution in [0.4, 0.5) is 0 Å². The van der Waals surface area contributed by atoms with E-state index in [0.29, 0.717) is 12.2 Å². The van der Waals surface area contributed by atoms with Gasteiger partial charge in [-0.15, -0.1) is 0 Å². The third-order valence-corrected chi connectivity index (χ3v) is 3.39. The molecule has 0 saturated heterocycles. The molecule has 0 amide bonds. The van der Waals surface area contributed by atoms with Crippen molar-refractivity contribution in [2.75, 3.05) is 6.61 Å². The van der Waals surface area contributed by atoms with E-state index in [1.807, 2.05) is 30.5 Å². The number of hydrogen-bond acceptors (Lipinski definition) is 3. The first-order valence-electron chi connectivity index (χ1n) is 6.94. The van der Waals surface area contributed by atoms with E-state index in [1.54, 1.807) is 19.3 Å². The van der Waals surface area contributed by atoms with Crippen molar-refractivity contribution in [3.05, 3.63) is 60.6 Å². The molecule has 0 radical (unpaired) electrons. The molecule has 0 aliphatic heterocycles. The number of pyridine rings is 1. The van der Waals surface area contributed by atoms with Crippen LogP contribution in [0.2, 0.25) is 0 Å². The van der Waals surface area contributed by atoms with Crippen molar-refractivity contribution in [2.45, 2.75) is 18.9 Å². The molecule has 0 bridgehead atoms. The molecule has 1 atom stereocenters. The maximum absolute atomic E-state index is 10.5. The highest BCUT2D eigenvalue weighted by atomic mass is 16.5. The zero-order chi connectivity index (χ0) is 14.7. The fourth-order valence-electron chi connectivity index (χ4n) is 2.37. The van der Waals surface area contributed by atoms with Gasteiger partial charge in [0.25, 0.3) is 0 Å². The Kier molecular flexibility index (Phi) is 3.62. The van der Waals surface area contributed by atoms with E-state index in [-0.39, 0.29) is 6.61 Å².